The number of carbonyl (C=O) groups is 12. The van der Waals surface area contributed by atoms with Gasteiger partial charge in [0.25, 0.3) is 0 Å². The maximum absolute atomic E-state index is 15.4. The lowest BCUT2D eigenvalue weighted by Gasteiger charge is -2.67. The van der Waals surface area contributed by atoms with Crippen LogP contribution in [0.5, 0.6) is 0 Å². The fraction of sp³-hybridized carbons (Fsp3) is 0.514. The number of ketones is 1. The molecule has 30 heteroatoms. The standard InChI is InChI=1S/C70H87F2N7O21/c1-36-46(34-70(94)59(98-63(91)41-20-14-11-15-21-41)57-68(9,58(87)55(86)53(36)67(70,7)8)47(81)33-48-69(57,35-95-48)99-38(3)80)96-64(92)56(54(40-18-12-10-13-19-40)79-65(93)100-66(4,5)6)97-52(85)30-29-49(82)75-31-17-16-22-44(60(73)88)77-51(84)28-26-45(61(74)89)78-62(90)37(2)76-50(83)27-24-39-23-25-42(71)32-43(39)72/h10-15,18-21,23-25,27,32,37,44-48,54-57,59,81,86,94H,16-17,22,26,28-31,33-35H2,1-9H3,(H2,73,88)(H2,74,89)(H,75,82)(H,76,83)(H,77,84)(H,78,90)(H,79,93)/b27-24+/t37?,44?,45-,46-,47-,48+,54-,55+,56+,57-,59-,68+,69-,70+/m0/s1. The number of esters is 4. The highest BCUT2D eigenvalue weighted by Gasteiger charge is 2.78. The van der Waals surface area contributed by atoms with Crippen molar-refractivity contribution in [3.63, 3.8) is 0 Å². The number of Topliss-reactive ketones (excluding diaryl/α,β-unsaturated/α-hetero) is 1. The summed E-state index contributed by atoms with van der Waals surface area (Å²) >= 11 is 0. The number of hydrogen-bond donors (Lipinski definition) is 10. The van der Waals surface area contributed by atoms with Gasteiger partial charge >= 0.3 is 30.0 Å². The van der Waals surface area contributed by atoms with Crippen molar-refractivity contribution >= 4 is 77.3 Å². The summed E-state index contributed by atoms with van der Waals surface area (Å²) in [5.74, 6) is -13.9. The van der Waals surface area contributed by atoms with E-state index in [1.165, 1.54) is 58.9 Å². The molecular weight excluding hydrogens is 1310 g/mol. The summed E-state index contributed by atoms with van der Waals surface area (Å²) < 4.78 is 63.4. The van der Waals surface area contributed by atoms with Crippen molar-refractivity contribution in [2.45, 2.75) is 198 Å². The number of benzene rings is 3. The minimum atomic E-state index is -2.54. The van der Waals surface area contributed by atoms with Crippen molar-refractivity contribution in [2.24, 2.45) is 28.2 Å². The van der Waals surface area contributed by atoms with Gasteiger partial charge in [0.05, 0.1) is 36.0 Å². The van der Waals surface area contributed by atoms with Crippen LogP contribution in [0.4, 0.5) is 13.6 Å². The molecule has 4 aliphatic rings. The Morgan fingerprint density at radius 3 is 2.04 bits per heavy atom. The second kappa shape index (κ2) is 32.2. The van der Waals surface area contributed by atoms with E-state index in [0.717, 1.165) is 31.2 Å². The molecule has 3 aliphatic carbocycles. The number of nitrogens with one attached hydrogen (secondary N) is 5. The third-order valence-electron chi connectivity index (χ3n) is 18.7. The number of alkyl carbamates (subject to hydrolysis) is 1. The van der Waals surface area contributed by atoms with E-state index in [1.54, 1.807) is 57.2 Å². The Morgan fingerprint density at radius 1 is 0.800 bits per heavy atom. The monoisotopic (exact) mass is 1400 g/mol. The quantitative estimate of drug-likeness (QED) is 0.0164. The Morgan fingerprint density at radius 2 is 1.44 bits per heavy atom. The van der Waals surface area contributed by atoms with Crippen molar-refractivity contribution in [3.8, 4) is 0 Å². The number of aliphatic hydroxyl groups excluding tert-OH is 2. The predicted molar refractivity (Wildman–Crippen MR) is 348 cm³/mol. The third-order valence-corrected chi connectivity index (χ3v) is 18.7. The molecule has 1 saturated heterocycles. The first kappa shape index (κ1) is 77.8. The first-order valence-corrected chi connectivity index (χ1v) is 32.6. The summed E-state index contributed by atoms with van der Waals surface area (Å²) in [5.41, 5.74) is 1.46. The maximum Gasteiger partial charge on any atom is 0.408 e. The molecule has 28 nitrogen and oxygen atoms in total. The lowest BCUT2D eigenvalue weighted by Crippen LogP contribution is -2.81. The molecule has 7 rings (SSSR count). The van der Waals surface area contributed by atoms with Crippen LogP contribution in [0.1, 0.15) is 148 Å². The minimum absolute atomic E-state index is 0.00870. The Hall–Kier alpha value is -9.52. The zero-order valence-electron chi connectivity index (χ0n) is 56.9. The number of halogens is 2. The van der Waals surface area contributed by atoms with Crippen LogP contribution in [0, 0.1) is 28.4 Å². The van der Waals surface area contributed by atoms with Crippen LogP contribution in [0.25, 0.3) is 6.08 Å². The SMILES string of the molecule is CC(=O)O[C@@]12CO[C@@H]1C[C@H](O)[C@@]1(C)C(=O)[C@H](O)C3=C(C)[C@@H](OC(=O)[C@H](OC(=O)CCC(=O)NCCCCC(NC(=O)CC[C@H](NC(=O)C(C)NC(=O)/C=C/c4ccc(F)cc4F)C(N)=O)C(N)=O)[C@@H](NC(=O)OC(C)(C)C)c4ccccc4)C[C@@](O)([C@@H](OC(=O)c4ccccc4)[C@H]21)C3(C)C. The average molecular weight is 1400 g/mol. The number of carbonyl (C=O) groups excluding carboxylic acids is 12. The molecule has 0 aromatic heterocycles. The van der Waals surface area contributed by atoms with Crippen LogP contribution in [0.3, 0.4) is 0 Å². The number of hydrogen-bond acceptors (Lipinski definition) is 21. The number of nitrogens with two attached hydrogens (primary N) is 2. The van der Waals surface area contributed by atoms with Gasteiger partial charge in [-0.25, -0.2) is 23.2 Å². The molecule has 0 spiro atoms. The van der Waals surface area contributed by atoms with Gasteiger partial charge in [-0.05, 0) is 114 Å². The third kappa shape index (κ3) is 17.9. The van der Waals surface area contributed by atoms with Crippen LogP contribution in [-0.2, 0) is 76.4 Å². The Bertz CT molecular complexity index is 3680. The van der Waals surface area contributed by atoms with Crippen molar-refractivity contribution < 1.29 is 110 Å². The molecule has 100 heavy (non-hydrogen) atoms. The lowest BCUT2D eigenvalue weighted by molar-refractivity contribution is -0.346. The van der Waals surface area contributed by atoms with E-state index in [0.29, 0.717) is 6.07 Å². The largest absolute Gasteiger partial charge is 0.455 e. The van der Waals surface area contributed by atoms with E-state index in [2.05, 4.69) is 26.6 Å². The van der Waals surface area contributed by atoms with E-state index in [4.69, 9.17) is 39.9 Å². The Labute approximate surface area is 575 Å². The second-order valence-electron chi connectivity index (χ2n) is 27.1. The number of rotatable bonds is 28. The maximum atomic E-state index is 15.4. The van der Waals surface area contributed by atoms with Gasteiger partial charge in [0.1, 0.15) is 71.4 Å². The molecule has 12 N–H and O–H groups in total. The summed E-state index contributed by atoms with van der Waals surface area (Å²) in [6.07, 6.45) is -12.4. The summed E-state index contributed by atoms with van der Waals surface area (Å²) in [6.45, 7) is 12.4. The number of ether oxygens (including phenoxy) is 6. The van der Waals surface area contributed by atoms with Crippen molar-refractivity contribution in [2.75, 3.05) is 13.2 Å². The normalized spacial score (nSPS) is 25.1. The van der Waals surface area contributed by atoms with Crippen molar-refractivity contribution in [3.05, 3.63) is 124 Å². The Kier molecular flexibility index (Phi) is 25.1. The van der Waals surface area contributed by atoms with Crippen LogP contribution >= 0.6 is 0 Å². The van der Waals surface area contributed by atoms with Crippen LogP contribution < -0.4 is 38.1 Å². The van der Waals surface area contributed by atoms with Gasteiger partial charge in [0.2, 0.25) is 41.5 Å². The molecule has 542 valence electrons. The fourth-order valence-corrected chi connectivity index (χ4v) is 13.4. The van der Waals surface area contributed by atoms with Gasteiger partial charge in [-0.15, -0.1) is 0 Å². The second-order valence-corrected chi connectivity index (χ2v) is 27.1. The fourth-order valence-electron chi connectivity index (χ4n) is 13.4. The van der Waals surface area contributed by atoms with Gasteiger partial charge in [0.15, 0.2) is 11.4 Å². The molecule has 14 atom stereocenters. The topological polar surface area (TPSA) is 433 Å². The lowest BCUT2D eigenvalue weighted by atomic mass is 9.44. The summed E-state index contributed by atoms with van der Waals surface area (Å²) in [5, 5.41) is 50.8. The van der Waals surface area contributed by atoms with Gasteiger partial charge in [0, 0.05) is 62.3 Å². The van der Waals surface area contributed by atoms with Crippen molar-refractivity contribution in [1.29, 1.82) is 0 Å². The highest BCUT2D eigenvalue weighted by molar-refractivity contribution is 5.97. The Balaban J connectivity index is 1.04. The van der Waals surface area contributed by atoms with E-state index in [1.807, 2.05) is 0 Å². The van der Waals surface area contributed by atoms with Crippen LogP contribution in [-0.4, -0.2) is 171 Å². The number of unbranched alkanes of at least 4 members (excludes halogenated alkanes) is 1. The van der Waals surface area contributed by atoms with Crippen molar-refractivity contribution in [1.82, 2.24) is 26.6 Å². The molecule has 1 aliphatic heterocycles. The van der Waals surface area contributed by atoms with E-state index >= 15 is 9.59 Å². The summed E-state index contributed by atoms with van der Waals surface area (Å²) in [4.78, 5) is 162. The molecule has 3 aromatic carbocycles. The summed E-state index contributed by atoms with van der Waals surface area (Å²) in [7, 11) is 0. The van der Waals surface area contributed by atoms with Crippen LogP contribution in [0.15, 0.2) is 96.1 Å². The summed E-state index contributed by atoms with van der Waals surface area (Å²) in [6, 6.07) is 12.5. The first-order valence-electron chi connectivity index (χ1n) is 32.6. The highest BCUT2D eigenvalue weighted by atomic mass is 19.1. The molecule has 7 amide bonds. The highest BCUT2D eigenvalue weighted by Crippen LogP contribution is 2.64. The predicted octanol–water partition coefficient (Wildman–Crippen LogP) is 3.09. The van der Waals surface area contributed by atoms with E-state index in [-0.39, 0.29) is 66.5 Å². The number of fused-ring (bicyclic) bond motifs is 5. The van der Waals surface area contributed by atoms with Crippen LogP contribution in [0.2, 0.25) is 0 Å². The zero-order valence-corrected chi connectivity index (χ0v) is 56.9. The first-order chi connectivity index (χ1) is 46.8. The van der Waals surface area contributed by atoms with Gasteiger partial charge in [-0.3, -0.25) is 43.2 Å². The molecule has 0 radical (unpaired) electrons. The molecule has 3 aromatic rings. The van der Waals surface area contributed by atoms with E-state index in [9.17, 15) is 72.0 Å². The molecule has 2 bridgehead atoms. The van der Waals surface area contributed by atoms with Gasteiger partial charge in [-0.1, -0.05) is 62.4 Å². The number of aliphatic hydroxyl groups is 3. The number of amides is 7. The van der Waals surface area contributed by atoms with Gasteiger partial charge in [-0.2, -0.15) is 0 Å². The average Bonchev–Trinajstić information content (AvgIpc) is 0.670. The van der Waals surface area contributed by atoms with Gasteiger partial charge < -0.3 is 81.8 Å². The molecule has 2 saturated carbocycles. The van der Waals surface area contributed by atoms with E-state index < -0.39 is 209 Å². The molecule has 1 heterocycles. The molecular formula is C70H87F2N7O21. The molecule has 3 fully saturated rings. The molecule has 2 unspecified atom stereocenters. The number of primary amides is 2. The zero-order chi connectivity index (χ0) is 74.0. The minimum Gasteiger partial charge on any atom is -0.455 e. The smallest absolute Gasteiger partial charge is 0.408 e.